The Bertz CT molecular complexity index is 1040. The van der Waals surface area contributed by atoms with Crippen LogP contribution in [0, 0.1) is 11.6 Å². The van der Waals surface area contributed by atoms with Crippen molar-refractivity contribution in [2.45, 2.75) is 35.5 Å². The smallest absolute Gasteiger partial charge is 0.262 e. The molecule has 0 spiro atoms. The van der Waals surface area contributed by atoms with Gasteiger partial charge in [0.25, 0.3) is 10.0 Å². The number of halogens is 2. The zero-order chi connectivity index (χ0) is 21.6. The highest BCUT2D eigenvalue weighted by Crippen LogP contribution is 2.21. The van der Waals surface area contributed by atoms with Gasteiger partial charge in [0.15, 0.2) is 11.6 Å². The zero-order valence-electron chi connectivity index (χ0n) is 16.0. The average Bonchev–Trinajstić information content (AvgIpc) is 2.97. The van der Waals surface area contributed by atoms with Crippen LogP contribution in [0.3, 0.4) is 0 Å². The van der Waals surface area contributed by atoms with Crippen molar-refractivity contribution in [2.75, 3.05) is 17.6 Å². The van der Waals surface area contributed by atoms with Crippen LogP contribution in [0.1, 0.15) is 25.7 Å². The van der Waals surface area contributed by atoms with Crippen molar-refractivity contribution in [1.82, 2.24) is 4.72 Å². The lowest BCUT2D eigenvalue weighted by Crippen LogP contribution is -2.30. The summed E-state index contributed by atoms with van der Waals surface area (Å²) in [5.41, 5.74) is 0.427. The van der Waals surface area contributed by atoms with Gasteiger partial charge in [-0.3, -0.25) is 14.5 Å². The number of sulfonamides is 1. The minimum Gasteiger partial charge on any atom is -0.325 e. The Hall–Kier alpha value is -2.46. The minimum absolute atomic E-state index is 0.00744. The van der Waals surface area contributed by atoms with Crippen molar-refractivity contribution in [1.29, 1.82) is 0 Å². The topological polar surface area (TPSA) is 87.6 Å². The van der Waals surface area contributed by atoms with Crippen LogP contribution >= 0.6 is 11.8 Å². The van der Waals surface area contributed by atoms with Gasteiger partial charge in [-0.05, 0) is 55.3 Å². The molecule has 0 unspecified atom stereocenters. The van der Waals surface area contributed by atoms with Gasteiger partial charge >= 0.3 is 0 Å². The number of carbonyl (C=O) groups is 1. The Morgan fingerprint density at radius 1 is 1.03 bits per heavy atom. The molecule has 10 heteroatoms. The Kier molecular flexibility index (Phi) is 7.43. The quantitative estimate of drug-likeness (QED) is 0.649. The predicted molar refractivity (Wildman–Crippen MR) is 113 cm³/mol. The molecule has 30 heavy (non-hydrogen) atoms. The molecule has 1 amide bonds. The molecule has 0 aliphatic carbocycles. The second kappa shape index (κ2) is 10.0. The number of anilines is 1. The first-order chi connectivity index (χ1) is 14.3. The Balaban J connectivity index is 1.56. The number of nitrogens with one attached hydrogen (secondary N) is 2. The van der Waals surface area contributed by atoms with E-state index in [4.69, 9.17) is 0 Å². The van der Waals surface area contributed by atoms with Crippen molar-refractivity contribution in [3.8, 4) is 0 Å². The lowest BCUT2D eigenvalue weighted by atomic mass is 10.2. The van der Waals surface area contributed by atoms with Gasteiger partial charge < -0.3 is 5.32 Å². The van der Waals surface area contributed by atoms with Crippen molar-refractivity contribution < 1.29 is 22.0 Å². The minimum atomic E-state index is -3.74. The van der Waals surface area contributed by atoms with Crippen molar-refractivity contribution in [3.63, 3.8) is 0 Å². The van der Waals surface area contributed by atoms with E-state index in [2.05, 4.69) is 15.0 Å². The lowest BCUT2D eigenvalue weighted by Gasteiger charge is -2.10. The fourth-order valence-electron chi connectivity index (χ4n) is 2.80. The molecule has 1 heterocycles. The molecular formula is C20H21F2N3O3S2. The molecule has 0 aromatic heterocycles. The Labute approximate surface area is 178 Å². The van der Waals surface area contributed by atoms with E-state index in [9.17, 15) is 22.0 Å². The number of hydrogen-bond acceptors (Lipinski definition) is 5. The number of aliphatic imine (C=N–C) groups is 1. The lowest BCUT2D eigenvalue weighted by molar-refractivity contribution is -0.113. The summed E-state index contributed by atoms with van der Waals surface area (Å²) in [6, 6.07) is 9.20. The summed E-state index contributed by atoms with van der Waals surface area (Å²) in [6.07, 6.45) is 3.48. The maximum Gasteiger partial charge on any atom is 0.262 e. The molecule has 0 radical (unpaired) electrons. The number of benzene rings is 2. The maximum absolute atomic E-state index is 13.2. The third kappa shape index (κ3) is 6.27. The largest absolute Gasteiger partial charge is 0.325 e. The summed E-state index contributed by atoms with van der Waals surface area (Å²) in [4.78, 5) is 16.8. The van der Waals surface area contributed by atoms with Gasteiger partial charge in [-0.2, -0.15) is 0 Å². The second-order valence-electron chi connectivity index (χ2n) is 6.68. The molecule has 0 atom stereocenters. The first kappa shape index (κ1) is 22.2. The number of amidine groups is 1. The highest BCUT2D eigenvalue weighted by molar-refractivity contribution is 8.00. The maximum atomic E-state index is 13.2. The molecule has 0 bridgehead atoms. The standard InChI is InChI=1S/C20H21F2N3O3S2/c21-17-10-7-15(12-18(17)22)29-13-20(26)24-14-5-8-16(9-6-14)30(27,28)25-19-4-2-1-3-11-23-19/h5-10,12H,1-4,11,13H2,(H,23,25)(H,24,26). The summed E-state index contributed by atoms with van der Waals surface area (Å²) in [6.45, 7) is 0.616. The van der Waals surface area contributed by atoms with Gasteiger partial charge in [0.2, 0.25) is 5.91 Å². The number of nitrogens with zero attached hydrogens (tertiary/aromatic N) is 1. The number of amides is 1. The zero-order valence-corrected chi connectivity index (χ0v) is 17.7. The summed E-state index contributed by atoms with van der Waals surface area (Å²) in [5, 5.41) is 2.64. The predicted octanol–water partition coefficient (Wildman–Crippen LogP) is 3.95. The van der Waals surface area contributed by atoms with Gasteiger partial charge in [0, 0.05) is 23.5 Å². The van der Waals surface area contributed by atoms with Crippen molar-refractivity contribution >= 4 is 39.2 Å². The van der Waals surface area contributed by atoms with Crippen LogP contribution in [0.2, 0.25) is 0 Å². The van der Waals surface area contributed by atoms with Gasteiger partial charge in [-0.15, -0.1) is 11.8 Å². The van der Waals surface area contributed by atoms with Gasteiger partial charge in [-0.25, -0.2) is 17.2 Å². The second-order valence-corrected chi connectivity index (χ2v) is 9.41. The fourth-order valence-corrected chi connectivity index (χ4v) is 4.61. The molecule has 0 fully saturated rings. The first-order valence-corrected chi connectivity index (χ1v) is 11.8. The van der Waals surface area contributed by atoms with Crippen LogP contribution < -0.4 is 10.0 Å². The molecule has 2 aromatic carbocycles. The van der Waals surface area contributed by atoms with Crippen molar-refractivity contribution in [3.05, 3.63) is 54.1 Å². The summed E-state index contributed by atoms with van der Waals surface area (Å²) in [7, 11) is -3.74. The third-order valence-corrected chi connectivity index (χ3v) is 6.73. The summed E-state index contributed by atoms with van der Waals surface area (Å²) in [5.74, 6) is -1.81. The van der Waals surface area contributed by atoms with Crippen LogP contribution in [0.4, 0.5) is 14.5 Å². The van der Waals surface area contributed by atoms with Crippen LogP contribution in [0.5, 0.6) is 0 Å². The molecule has 0 saturated carbocycles. The molecule has 2 aromatic rings. The molecule has 3 rings (SSSR count). The Morgan fingerprint density at radius 3 is 2.53 bits per heavy atom. The van der Waals surface area contributed by atoms with E-state index in [0.29, 0.717) is 29.4 Å². The van der Waals surface area contributed by atoms with Gasteiger partial charge in [0.05, 0.1) is 10.6 Å². The third-order valence-electron chi connectivity index (χ3n) is 4.34. The number of hydrogen-bond donors (Lipinski definition) is 2. The Morgan fingerprint density at radius 2 is 1.80 bits per heavy atom. The van der Waals surface area contributed by atoms with Gasteiger partial charge in [-0.1, -0.05) is 6.42 Å². The molecule has 0 saturated heterocycles. The van der Waals surface area contributed by atoms with E-state index >= 15 is 0 Å². The van der Waals surface area contributed by atoms with Crippen LogP contribution in [0.15, 0.2) is 57.2 Å². The molecule has 6 nitrogen and oxygen atoms in total. The highest BCUT2D eigenvalue weighted by Gasteiger charge is 2.17. The fraction of sp³-hybridized carbons (Fsp3) is 0.300. The molecule has 1 aliphatic rings. The molecule has 1 aliphatic heterocycles. The van der Waals surface area contributed by atoms with E-state index in [1.807, 2.05) is 0 Å². The summed E-state index contributed by atoms with van der Waals surface area (Å²) >= 11 is 1.06. The monoisotopic (exact) mass is 453 g/mol. The molecule has 2 N–H and O–H groups in total. The van der Waals surface area contributed by atoms with E-state index in [0.717, 1.165) is 43.2 Å². The van der Waals surface area contributed by atoms with E-state index in [1.54, 1.807) is 0 Å². The number of carbonyl (C=O) groups excluding carboxylic acids is 1. The van der Waals surface area contributed by atoms with Crippen LogP contribution in [-0.4, -0.2) is 32.5 Å². The average molecular weight is 454 g/mol. The van der Waals surface area contributed by atoms with Crippen LogP contribution in [-0.2, 0) is 14.8 Å². The van der Waals surface area contributed by atoms with E-state index in [1.165, 1.54) is 30.3 Å². The van der Waals surface area contributed by atoms with Gasteiger partial charge in [0.1, 0.15) is 5.84 Å². The van der Waals surface area contributed by atoms with E-state index < -0.39 is 21.7 Å². The first-order valence-electron chi connectivity index (χ1n) is 9.37. The normalized spacial score (nSPS) is 14.5. The van der Waals surface area contributed by atoms with E-state index in [-0.39, 0.29) is 16.6 Å². The van der Waals surface area contributed by atoms with Crippen LogP contribution in [0.25, 0.3) is 0 Å². The molecular weight excluding hydrogens is 432 g/mol. The summed E-state index contributed by atoms with van der Waals surface area (Å²) < 4.78 is 53.7. The number of rotatable bonds is 6. The van der Waals surface area contributed by atoms with Crippen molar-refractivity contribution in [2.24, 2.45) is 4.99 Å². The highest BCUT2D eigenvalue weighted by atomic mass is 32.2. The molecule has 160 valence electrons. The SMILES string of the molecule is O=C(CSc1ccc(F)c(F)c1)Nc1ccc(S(=O)(=O)NC2=NCCCCC2)cc1. The number of thioether (sulfide) groups is 1.